The first-order valence-electron chi connectivity index (χ1n) is 11.7. The van der Waals surface area contributed by atoms with Crippen molar-refractivity contribution >= 4 is 34.1 Å². The lowest BCUT2D eigenvalue weighted by Gasteiger charge is -2.29. The number of benzene rings is 1. The Hall–Kier alpha value is -3.49. The first-order valence-corrected chi connectivity index (χ1v) is 11.7. The van der Waals surface area contributed by atoms with Crippen LogP contribution in [0.1, 0.15) is 44.1 Å². The van der Waals surface area contributed by atoms with Crippen molar-refractivity contribution in [3.8, 4) is 5.75 Å². The number of nitrogens with one attached hydrogen (secondary N) is 1. The summed E-state index contributed by atoms with van der Waals surface area (Å²) in [5.74, 6) is 1.80. The zero-order valence-corrected chi connectivity index (χ0v) is 19.4. The van der Waals surface area contributed by atoms with E-state index < -0.39 is 6.17 Å². The van der Waals surface area contributed by atoms with Crippen molar-refractivity contribution in [2.24, 2.45) is 7.05 Å². The first-order chi connectivity index (χ1) is 16.4. The van der Waals surface area contributed by atoms with Crippen LogP contribution in [0.3, 0.4) is 0 Å². The molecule has 0 atom stereocenters. The second-order valence-electron chi connectivity index (χ2n) is 9.17. The van der Waals surface area contributed by atoms with Gasteiger partial charge in [0, 0.05) is 43.0 Å². The molecular weight excluding hydrogens is 437 g/mol. The Morgan fingerprint density at radius 1 is 1.21 bits per heavy atom. The lowest BCUT2D eigenvalue weighted by atomic mass is 10.1. The van der Waals surface area contributed by atoms with Crippen molar-refractivity contribution in [1.29, 1.82) is 0 Å². The summed E-state index contributed by atoms with van der Waals surface area (Å²) in [6.45, 7) is 2.49. The van der Waals surface area contributed by atoms with Crippen LogP contribution in [0.2, 0.25) is 0 Å². The largest absolute Gasteiger partial charge is 0.480 e. The number of rotatable bonds is 7. The van der Waals surface area contributed by atoms with Crippen LogP contribution in [-0.4, -0.2) is 46.2 Å². The van der Waals surface area contributed by atoms with E-state index in [2.05, 4.69) is 10.3 Å². The highest BCUT2D eigenvalue weighted by atomic mass is 19.1. The van der Waals surface area contributed by atoms with E-state index in [1.807, 2.05) is 29.3 Å². The number of nitrogens with zero attached hydrogens (tertiary/aromatic N) is 4. The molecule has 8 nitrogen and oxygen atoms in total. The van der Waals surface area contributed by atoms with Gasteiger partial charge in [0.05, 0.1) is 5.52 Å². The fraction of sp³-hybridized carbons (Fsp3) is 0.440. The average molecular weight is 466 g/mol. The van der Waals surface area contributed by atoms with Crippen LogP contribution in [0.4, 0.5) is 21.8 Å². The van der Waals surface area contributed by atoms with E-state index in [1.165, 1.54) is 11.5 Å². The van der Waals surface area contributed by atoms with E-state index in [9.17, 15) is 14.0 Å². The van der Waals surface area contributed by atoms with Gasteiger partial charge >= 0.3 is 0 Å². The highest BCUT2D eigenvalue weighted by molar-refractivity contribution is 5.85. The van der Waals surface area contributed by atoms with Gasteiger partial charge in [-0.15, -0.1) is 0 Å². The maximum Gasteiger partial charge on any atom is 0.293 e. The molecule has 1 aliphatic carbocycles. The molecule has 178 valence electrons. The number of aromatic nitrogens is 3. The summed E-state index contributed by atoms with van der Waals surface area (Å²) in [5, 5.41) is 4.25. The van der Waals surface area contributed by atoms with Gasteiger partial charge < -0.3 is 19.5 Å². The standard InChI is InChI=1S/C25H28FN5O3/c1-15(32)14-34-22-12-17-11-19(5-6-21(17)30(2)24(22)33)28-23-20(16-3-4-16)13-27-25(29-23)31-9-7-18(26)8-10-31/h5-6,11-13,16,18H,3-4,7-10,14H2,1-2H3,(H,27,28,29). The summed E-state index contributed by atoms with van der Waals surface area (Å²) in [6.07, 6.45) is 4.35. The van der Waals surface area contributed by atoms with Gasteiger partial charge in [-0.1, -0.05) is 0 Å². The number of hydrogen-bond donors (Lipinski definition) is 1. The molecule has 3 aromatic rings. The molecule has 9 heteroatoms. The summed E-state index contributed by atoms with van der Waals surface area (Å²) in [4.78, 5) is 35.3. The van der Waals surface area contributed by atoms with Crippen molar-refractivity contribution in [1.82, 2.24) is 14.5 Å². The number of piperidine rings is 1. The maximum atomic E-state index is 13.6. The minimum absolute atomic E-state index is 0.140. The van der Waals surface area contributed by atoms with E-state index >= 15 is 0 Å². The molecule has 2 aromatic heterocycles. The van der Waals surface area contributed by atoms with Crippen molar-refractivity contribution in [2.75, 3.05) is 29.9 Å². The molecule has 1 saturated heterocycles. The van der Waals surface area contributed by atoms with Crippen LogP contribution in [0.5, 0.6) is 5.75 Å². The number of pyridine rings is 1. The lowest BCUT2D eigenvalue weighted by Crippen LogP contribution is -2.35. The van der Waals surface area contributed by atoms with Crippen LogP contribution in [0.25, 0.3) is 10.9 Å². The second kappa shape index (κ2) is 9.04. The van der Waals surface area contributed by atoms with E-state index in [-0.39, 0.29) is 23.7 Å². The van der Waals surface area contributed by atoms with Gasteiger partial charge in [0.25, 0.3) is 5.56 Å². The molecule has 0 amide bonds. The fourth-order valence-corrected chi connectivity index (χ4v) is 4.33. The van der Waals surface area contributed by atoms with Gasteiger partial charge in [-0.05, 0) is 62.8 Å². The molecule has 2 aliphatic rings. The van der Waals surface area contributed by atoms with Gasteiger partial charge in [0.2, 0.25) is 5.95 Å². The first kappa shape index (κ1) is 22.3. The summed E-state index contributed by atoms with van der Waals surface area (Å²) in [7, 11) is 1.68. The molecule has 1 saturated carbocycles. The molecule has 2 fully saturated rings. The topological polar surface area (TPSA) is 89.3 Å². The SMILES string of the molecule is CC(=O)COc1cc2cc(Nc3nc(N4CCC(F)CC4)ncc3C3CC3)ccc2n(C)c1=O. The Balaban J connectivity index is 1.47. The number of hydrogen-bond acceptors (Lipinski definition) is 7. The van der Waals surface area contributed by atoms with Crippen molar-refractivity contribution in [3.63, 3.8) is 0 Å². The number of fused-ring (bicyclic) bond motifs is 1. The van der Waals surface area contributed by atoms with Crippen LogP contribution >= 0.6 is 0 Å². The molecular formula is C25H28FN5O3. The molecule has 0 spiro atoms. The number of Topliss-reactive ketones (excluding diaryl/α,β-unsaturated/α-hetero) is 1. The average Bonchev–Trinajstić information content (AvgIpc) is 3.66. The molecule has 0 bridgehead atoms. The Morgan fingerprint density at radius 2 is 1.97 bits per heavy atom. The van der Waals surface area contributed by atoms with Crippen molar-refractivity contribution < 1.29 is 13.9 Å². The molecule has 3 heterocycles. The molecule has 1 aromatic carbocycles. The third kappa shape index (κ3) is 4.60. The number of carbonyl (C=O) groups is 1. The minimum Gasteiger partial charge on any atom is -0.480 e. The highest BCUT2D eigenvalue weighted by Gasteiger charge is 2.29. The predicted molar refractivity (Wildman–Crippen MR) is 129 cm³/mol. The second-order valence-corrected chi connectivity index (χ2v) is 9.17. The van der Waals surface area contributed by atoms with Gasteiger partial charge in [0.15, 0.2) is 11.5 Å². The third-order valence-corrected chi connectivity index (χ3v) is 6.41. The summed E-state index contributed by atoms with van der Waals surface area (Å²) < 4.78 is 20.5. The molecule has 34 heavy (non-hydrogen) atoms. The Morgan fingerprint density at radius 3 is 2.68 bits per heavy atom. The van der Waals surface area contributed by atoms with E-state index in [0.717, 1.165) is 40.8 Å². The fourth-order valence-electron chi connectivity index (χ4n) is 4.33. The number of ketones is 1. The number of anilines is 3. The summed E-state index contributed by atoms with van der Waals surface area (Å²) in [6, 6.07) is 7.38. The number of ether oxygens (including phenoxy) is 1. The van der Waals surface area contributed by atoms with Gasteiger partial charge in [-0.3, -0.25) is 9.59 Å². The molecule has 0 unspecified atom stereocenters. The molecule has 1 aliphatic heterocycles. The molecule has 0 radical (unpaired) electrons. The third-order valence-electron chi connectivity index (χ3n) is 6.41. The van der Waals surface area contributed by atoms with Gasteiger partial charge in [-0.2, -0.15) is 4.98 Å². The highest BCUT2D eigenvalue weighted by Crippen LogP contribution is 2.43. The van der Waals surface area contributed by atoms with E-state index in [4.69, 9.17) is 9.72 Å². The Kier molecular flexibility index (Phi) is 5.93. The monoisotopic (exact) mass is 465 g/mol. The van der Waals surface area contributed by atoms with Crippen molar-refractivity contribution in [2.45, 2.75) is 44.7 Å². The van der Waals surface area contributed by atoms with Crippen LogP contribution in [-0.2, 0) is 11.8 Å². The number of aryl methyl sites for hydroxylation is 1. The predicted octanol–water partition coefficient (Wildman–Crippen LogP) is 3.86. The summed E-state index contributed by atoms with van der Waals surface area (Å²) in [5.41, 5.74) is 2.36. The van der Waals surface area contributed by atoms with Crippen LogP contribution in [0, 0.1) is 0 Å². The van der Waals surface area contributed by atoms with E-state index in [0.29, 0.717) is 37.8 Å². The van der Waals surface area contributed by atoms with Crippen molar-refractivity contribution in [3.05, 3.63) is 46.4 Å². The lowest BCUT2D eigenvalue weighted by molar-refractivity contribution is -0.118. The zero-order valence-electron chi connectivity index (χ0n) is 19.4. The molecule has 5 rings (SSSR count). The van der Waals surface area contributed by atoms with Crippen LogP contribution < -0.4 is 20.5 Å². The van der Waals surface area contributed by atoms with Gasteiger partial charge in [0.1, 0.15) is 18.6 Å². The van der Waals surface area contributed by atoms with Crippen LogP contribution in [0.15, 0.2) is 35.3 Å². The number of alkyl halides is 1. The quantitative estimate of drug-likeness (QED) is 0.567. The number of carbonyl (C=O) groups excluding carboxylic acids is 1. The Bertz CT molecular complexity index is 1300. The number of halogens is 1. The molecule has 1 N–H and O–H groups in total. The Labute approximate surface area is 196 Å². The normalized spacial score (nSPS) is 16.6. The maximum absolute atomic E-state index is 13.6. The van der Waals surface area contributed by atoms with E-state index in [1.54, 1.807) is 13.1 Å². The van der Waals surface area contributed by atoms with Gasteiger partial charge in [-0.25, -0.2) is 9.37 Å². The zero-order chi connectivity index (χ0) is 23.8. The minimum atomic E-state index is -0.752. The summed E-state index contributed by atoms with van der Waals surface area (Å²) >= 11 is 0. The smallest absolute Gasteiger partial charge is 0.293 e.